The molecule has 0 bridgehead atoms. The molecule has 0 saturated heterocycles. The van der Waals surface area contributed by atoms with Crippen LogP contribution >= 0.6 is 0 Å². The van der Waals surface area contributed by atoms with Crippen molar-refractivity contribution in [2.24, 2.45) is 0 Å². The van der Waals surface area contributed by atoms with Gasteiger partial charge in [0, 0.05) is 28.4 Å². The number of ether oxygens (including phenoxy) is 2. The molecule has 0 radical (unpaired) electrons. The van der Waals surface area contributed by atoms with Crippen LogP contribution in [0.15, 0.2) is 72.8 Å². The van der Waals surface area contributed by atoms with Gasteiger partial charge in [-0.1, -0.05) is 75.4 Å². The fraction of sp³-hybridized carbons (Fsp3) is 0.238. The largest absolute Gasteiger partial charge is 0.497 e. The SMILES string of the molecule is CCCCCCCCN1C(=O)c2c(c(-c3ccc(OC)cc3)c3c(c2-c2ccc(OC)cc2)-c2ccc(C#N)c4c(C#N)ccc-3c24)C1=O. The van der Waals surface area contributed by atoms with Crippen LogP contribution in [0.3, 0.4) is 0 Å². The first-order valence-electron chi connectivity index (χ1n) is 16.8. The summed E-state index contributed by atoms with van der Waals surface area (Å²) in [6, 6.07) is 26.9. The average molecular weight is 646 g/mol. The van der Waals surface area contributed by atoms with E-state index in [0.29, 0.717) is 56.8 Å². The fourth-order valence-corrected chi connectivity index (χ4v) is 7.52. The summed E-state index contributed by atoms with van der Waals surface area (Å²) < 4.78 is 10.9. The Bertz CT molecular complexity index is 2090. The van der Waals surface area contributed by atoms with Crippen molar-refractivity contribution in [3.63, 3.8) is 0 Å². The second-order valence-electron chi connectivity index (χ2n) is 12.5. The van der Waals surface area contributed by atoms with Crippen molar-refractivity contribution in [2.75, 3.05) is 20.8 Å². The predicted octanol–water partition coefficient (Wildman–Crippen LogP) is 9.54. The van der Waals surface area contributed by atoms with E-state index < -0.39 is 0 Å². The molecule has 1 heterocycles. The second-order valence-corrected chi connectivity index (χ2v) is 12.5. The van der Waals surface area contributed by atoms with E-state index in [1.54, 1.807) is 26.4 Å². The van der Waals surface area contributed by atoms with Crippen LogP contribution in [0.4, 0.5) is 0 Å². The Morgan fingerprint density at radius 2 is 1.00 bits per heavy atom. The lowest BCUT2D eigenvalue weighted by Crippen LogP contribution is -2.30. The van der Waals surface area contributed by atoms with Crippen LogP contribution in [0.2, 0.25) is 0 Å². The summed E-state index contributed by atoms with van der Waals surface area (Å²) in [5.41, 5.74) is 7.62. The van der Waals surface area contributed by atoms with Crippen molar-refractivity contribution in [2.45, 2.75) is 45.4 Å². The van der Waals surface area contributed by atoms with Gasteiger partial charge >= 0.3 is 0 Å². The summed E-state index contributed by atoms with van der Waals surface area (Å²) in [5.74, 6) is 0.717. The summed E-state index contributed by atoms with van der Waals surface area (Å²) in [4.78, 5) is 30.8. The van der Waals surface area contributed by atoms with Crippen molar-refractivity contribution in [1.29, 1.82) is 10.5 Å². The molecule has 5 aromatic rings. The van der Waals surface area contributed by atoms with E-state index in [1.807, 2.05) is 60.7 Å². The normalized spacial score (nSPS) is 12.6. The van der Waals surface area contributed by atoms with Gasteiger partial charge in [0.15, 0.2) is 0 Å². The molecule has 7 nitrogen and oxygen atoms in total. The second kappa shape index (κ2) is 12.9. The van der Waals surface area contributed by atoms with Crippen LogP contribution < -0.4 is 9.47 Å². The number of methoxy groups -OCH3 is 2. The molecule has 1 aliphatic carbocycles. The van der Waals surface area contributed by atoms with Gasteiger partial charge in [0.25, 0.3) is 11.8 Å². The maximum atomic E-state index is 14.7. The molecule has 0 spiro atoms. The monoisotopic (exact) mass is 645 g/mol. The molecule has 0 unspecified atom stereocenters. The van der Waals surface area contributed by atoms with Crippen molar-refractivity contribution >= 4 is 22.6 Å². The highest BCUT2D eigenvalue weighted by molar-refractivity contribution is 6.33. The number of carbonyl (C=O) groups is 2. The summed E-state index contributed by atoms with van der Waals surface area (Å²) >= 11 is 0. The fourth-order valence-electron chi connectivity index (χ4n) is 7.52. The molecule has 242 valence electrons. The molecule has 49 heavy (non-hydrogen) atoms. The zero-order chi connectivity index (χ0) is 34.2. The van der Waals surface area contributed by atoms with Gasteiger partial charge in [-0.3, -0.25) is 14.5 Å². The van der Waals surface area contributed by atoms with Gasteiger partial charge in [0.1, 0.15) is 11.5 Å². The van der Waals surface area contributed by atoms with Gasteiger partial charge < -0.3 is 9.47 Å². The minimum Gasteiger partial charge on any atom is -0.497 e. The van der Waals surface area contributed by atoms with Crippen LogP contribution in [0.5, 0.6) is 11.5 Å². The van der Waals surface area contributed by atoms with E-state index in [0.717, 1.165) is 70.9 Å². The molecule has 2 aliphatic rings. The molecule has 5 aromatic carbocycles. The smallest absolute Gasteiger partial charge is 0.262 e. The van der Waals surface area contributed by atoms with E-state index in [1.165, 1.54) is 11.3 Å². The van der Waals surface area contributed by atoms with Crippen molar-refractivity contribution in [3.8, 4) is 68.1 Å². The van der Waals surface area contributed by atoms with Gasteiger partial charge in [-0.15, -0.1) is 0 Å². The first kappa shape index (κ1) is 31.7. The minimum atomic E-state index is -0.310. The van der Waals surface area contributed by atoms with E-state index in [2.05, 4.69) is 19.1 Å². The summed E-state index contributed by atoms with van der Waals surface area (Å²) in [6.45, 7) is 2.52. The Balaban J connectivity index is 1.56. The Labute approximate surface area is 285 Å². The Morgan fingerprint density at radius 1 is 0.551 bits per heavy atom. The standard InChI is InChI=1S/C42H35N3O4/c1-4-5-6-7-8-9-22-45-41(46)39-34(25-10-16-29(48-2)17-11-25)37-31-20-14-27(23-43)33-28(24-44)15-21-32(36(31)33)38(37)35(40(39)42(45)47)26-12-18-30(49-3)19-13-26/h10-21H,4-9,22H2,1-3H3. The predicted molar refractivity (Wildman–Crippen MR) is 191 cm³/mol. The highest BCUT2D eigenvalue weighted by Gasteiger charge is 2.44. The molecule has 0 N–H and O–H groups in total. The Morgan fingerprint density at radius 3 is 1.43 bits per heavy atom. The number of imide groups is 1. The Kier molecular flexibility index (Phi) is 8.36. The number of nitrogens with zero attached hydrogens (tertiary/aromatic N) is 3. The quantitative estimate of drug-likeness (QED) is 0.103. The summed E-state index contributed by atoms with van der Waals surface area (Å²) in [7, 11) is 3.21. The number of unbranched alkanes of at least 4 members (excludes halogenated alkanes) is 5. The summed E-state index contributed by atoms with van der Waals surface area (Å²) in [6.07, 6.45) is 6.21. The molecule has 0 saturated carbocycles. The zero-order valence-electron chi connectivity index (χ0n) is 27.9. The van der Waals surface area contributed by atoms with E-state index in [-0.39, 0.29) is 11.8 Å². The maximum Gasteiger partial charge on any atom is 0.262 e. The zero-order valence-corrected chi connectivity index (χ0v) is 27.9. The molecular formula is C42H35N3O4. The molecule has 7 heteroatoms. The van der Waals surface area contributed by atoms with Crippen LogP contribution in [-0.2, 0) is 0 Å². The third-order valence-corrected chi connectivity index (χ3v) is 9.85. The topological polar surface area (TPSA) is 103 Å². The average Bonchev–Trinajstić information content (AvgIpc) is 3.60. The van der Waals surface area contributed by atoms with Gasteiger partial charge in [-0.25, -0.2) is 0 Å². The number of hydrogen-bond donors (Lipinski definition) is 0. The van der Waals surface area contributed by atoms with Crippen molar-refractivity contribution in [3.05, 3.63) is 95.1 Å². The maximum absolute atomic E-state index is 14.7. The highest BCUT2D eigenvalue weighted by Crippen LogP contribution is 2.59. The van der Waals surface area contributed by atoms with Crippen molar-refractivity contribution < 1.29 is 19.1 Å². The van der Waals surface area contributed by atoms with Gasteiger partial charge in [0.05, 0.1) is 48.6 Å². The van der Waals surface area contributed by atoms with Crippen molar-refractivity contribution in [1.82, 2.24) is 4.90 Å². The van der Waals surface area contributed by atoms with Gasteiger partial charge in [-0.05, 0) is 76.2 Å². The number of carbonyl (C=O) groups excluding carboxylic acids is 2. The van der Waals surface area contributed by atoms with Gasteiger partial charge in [0.2, 0.25) is 0 Å². The number of nitriles is 2. The molecular weight excluding hydrogens is 610 g/mol. The van der Waals surface area contributed by atoms with E-state index in [9.17, 15) is 20.1 Å². The molecule has 1 aliphatic heterocycles. The van der Waals surface area contributed by atoms with Crippen LogP contribution in [0.1, 0.15) is 77.3 Å². The molecule has 0 atom stereocenters. The highest BCUT2D eigenvalue weighted by atomic mass is 16.5. The van der Waals surface area contributed by atoms with Gasteiger partial charge in [-0.2, -0.15) is 10.5 Å². The first-order chi connectivity index (χ1) is 24.0. The molecule has 2 amide bonds. The lowest BCUT2D eigenvalue weighted by molar-refractivity contribution is 0.0652. The third kappa shape index (κ3) is 5.02. The van der Waals surface area contributed by atoms with Crippen LogP contribution in [0.25, 0.3) is 55.3 Å². The summed E-state index contributed by atoms with van der Waals surface area (Å²) in [5, 5.41) is 21.6. The lowest BCUT2D eigenvalue weighted by Gasteiger charge is -2.20. The number of fused-ring (bicyclic) bond motifs is 4. The minimum absolute atomic E-state index is 0.310. The first-order valence-corrected chi connectivity index (χ1v) is 16.8. The molecule has 7 rings (SSSR count). The number of amides is 2. The van der Waals surface area contributed by atoms with Crippen LogP contribution in [-0.4, -0.2) is 37.5 Å². The van der Waals surface area contributed by atoms with E-state index >= 15 is 0 Å². The van der Waals surface area contributed by atoms with E-state index in [4.69, 9.17) is 9.47 Å². The van der Waals surface area contributed by atoms with Crippen LogP contribution in [0, 0.1) is 22.7 Å². The number of benzene rings is 5. The Hall–Kier alpha value is -5.92. The number of rotatable bonds is 11. The lowest BCUT2D eigenvalue weighted by atomic mass is 9.81. The molecule has 0 fully saturated rings. The number of hydrogen-bond acceptors (Lipinski definition) is 6. The third-order valence-electron chi connectivity index (χ3n) is 9.85. The molecule has 0 aromatic heterocycles.